The van der Waals surface area contributed by atoms with Gasteiger partial charge < -0.3 is 9.64 Å². The number of ether oxygens (including phenoxy) is 1. The summed E-state index contributed by atoms with van der Waals surface area (Å²) in [6, 6.07) is 13.3. The Hall–Kier alpha value is -3.68. The molecule has 0 saturated heterocycles. The molecule has 0 unspecified atom stereocenters. The molecular formula is C24H23FN4O3. The van der Waals surface area contributed by atoms with Crippen molar-refractivity contribution in [2.75, 3.05) is 25.5 Å². The van der Waals surface area contributed by atoms with Crippen molar-refractivity contribution in [3.63, 3.8) is 0 Å². The van der Waals surface area contributed by atoms with E-state index in [0.717, 1.165) is 30.5 Å². The lowest BCUT2D eigenvalue weighted by Crippen LogP contribution is -2.50. The van der Waals surface area contributed by atoms with E-state index in [0.29, 0.717) is 22.8 Å². The van der Waals surface area contributed by atoms with Gasteiger partial charge in [-0.05, 0) is 55.7 Å². The molecular weight excluding hydrogens is 411 g/mol. The number of nitrogens with zero attached hydrogens (tertiary/aromatic N) is 4. The highest BCUT2D eigenvalue weighted by atomic mass is 19.1. The fourth-order valence-electron chi connectivity index (χ4n) is 4.38. The molecule has 0 bridgehead atoms. The van der Waals surface area contributed by atoms with E-state index in [1.807, 2.05) is 12.1 Å². The number of para-hydroxylation sites is 2. The quantitative estimate of drug-likeness (QED) is 0.636. The number of likely N-dealkylation sites (N-methyl/N-ethyl adjacent to an activating group) is 1. The van der Waals surface area contributed by atoms with E-state index in [1.54, 1.807) is 47.9 Å². The number of hydrogen-bond acceptors (Lipinski definition) is 4. The summed E-state index contributed by atoms with van der Waals surface area (Å²) >= 11 is 0. The number of rotatable bonds is 3. The number of hydrogen-bond donors (Lipinski definition) is 0. The van der Waals surface area contributed by atoms with Crippen LogP contribution >= 0.6 is 0 Å². The third kappa shape index (κ3) is 3.32. The Labute approximate surface area is 185 Å². The first kappa shape index (κ1) is 20.2. The number of amides is 2. The molecule has 5 rings (SSSR count). The molecule has 2 aliphatic rings. The minimum Gasteiger partial charge on any atom is -0.476 e. The molecule has 1 aliphatic heterocycles. The molecule has 1 aromatic heterocycles. The first-order valence-electron chi connectivity index (χ1n) is 10.6. The van der Waals surface area contributed by atoms with Crippen LogP contribution in [0.25, 0.3) is 5.69 Å². The monoisotopic (exact) mass is 434 g/mol. The fourth-order valence-corrected chi connectivity index (χ4v) is 4.38. The maximum Gasteiger partial charge on any atom is 0.279 e. The Balaban J connectivity index is 1.56. The summed E-state index contributed by atoms with van der Waals surface area (Å²) in [5, 5.41) is 4.65. The van der Waals surface area contributed by atoms with Crippen LogP contribution in [0.15, 0.2) is 48.5 Å². The van der Waals surface area contributed by atoms with Crippen LogP contribution < -0.4 is 9.64 Å². The number of benzene rings is 2. The molecule has 164 valence electrons. The maximum atomic E-state index is 13.8. The third-order valence-electron chi connectivity index (χ3n) is 5.94. The number of carbonyl (C=O) groups excluding carboxylic acids is 2. The number of fused-ring (bicyclic) bond motifs is 2. The van der Waals surface area contributed by atoms with E-state index < -0.39 is 6.10 Å². The highest BCUT2D eigenvalue weighted by molar-refractivity contribution is 6.07. The van der Waals surface area contributed by atoms with E-state index in [-0.39, 0.29) is 24.2 Å². The van der Waals surface area contributed by atoms with Crippen molar-refractivity contribution < 1.29 is 18.7 Å². The molecule has 0 spiro atoms. The van der Waals surface area contributed by atoms with Crippen molar-refractivity contribution in [2.45, 2.75) is 25.4 Å². The molecule has 1 aliphatic carbocycles. The van der Waals surface area contributed by atoms with Crippen LogP contribution in [-0.2, 0) is 17.6 Å². The molecule has 2 amide bonds. The van der Waals surface area contributed by atoms with Crippen molar-refractivity contribution in [1.29, 1.82) is 0 Å². The predicted molar refractivity (Wildman–Crippen MR) is 117 cm³/mol. The Kier molecular flexibility index (Phi) is 4.92. The molecule has 32 heavy (non-hydrogen) atoms. The van der Waals surface area contributed by atoms with Crippen LogP contribution in [0.1, 0.15) is 28.2 Å². The van der Waals surface area contributed by atoms with E-state index in [9.17, 15) is 14.0 Å². The number of carbonyl (C=O) groups is 2. The predicted octanol–water partition coefficient (Wildman–Crippen LogP) is 3.00. The fraction of sp³-hybridized carbons (Fsp3) is 0.292. The highest BCUT2D eigenvalue weighted by Crippen LogP contribution is 2.36. The standard InChI is InChI=1S/C24H23FN4O3/c1-27(2)23(30)21-14-28(19-7-3-4-9-20(19)32-21)24(31)22-17-6-5-8-18(17)29(26-22)16-12-10-15(25)11-13-16/h3-4,7,9-13,21H,5-6,8,14H2,1-2H3/t21-/m1/s1. The Morgan fingerprint density at radius 2 is 1.84 bits per heavy atom. The number of halogens is 1. The van der Waals surface area contributed by atoms with Crippen molar-refractivity contribution in [2.24, 2.45) is 0 Å². The second kappa shape index (κ2) is 7.78. The SMILES string of the molecule is CN(C)C(=O)[C@H]1CN(C(=O)c2nn(-c3ccc(F)cc3)c3c2CCC3)c2ccccc2O1. The van der Waals surface area contributed by atoms with Gasteiger partial charge in [-0.25, -0.2) is 9.07 Å². The summed E-state index contributed by atoms with van der Waals surface area (Å²) in [6.07, 6.45) is 1.69. The molecule has 1 atom stereocenters. The van der Waals surface area contributed by atoms with Crippen LogP contribution in [0.5, 0.6) is 5.75 Å². The topological polar surface area (TPSA) is 67.7 Å². The minimum atomic E-state index is -0.795. The smallest absolute Gasteiger partial charge is 0.279 e. The van der Waals surface area contributed by atoms with Crippen LogP contribution in [0.4, 0.5) is 10.1 Å². The van der Waals surface area contributed by atoms with Gasteiger partial charge in [-0.3, -0.25) is 14.5 Å². The Morgan fingerprint density at radius 3 is 2.59 bits per heavy atom. The zero-order chi connectivity index (χ0) is 22.4. The summed E-state index contributed by atoms with van der Waals surface area (Å²) in [4.78, 5) is 29.4. The average molecular weight is 434 g/mol. The lowest BCUT2D eigenvalue weighted by Gasteiger charge is -2.34. The largest absolute Gasteiger partial charge is 0.476 e. The molecule has 0 radical (unpaired) electrons. The Morgan fingerprint density at radius 1 is 1.09 bits per heavy atom. The van der Waals surface area contributed by atoms with Gasteiger partial charge in [0.1, 0.15) is 11.6 Å². The second-order valence-electron chi connectivity index (χ2n) is 8.24. The molecule has 3 aromatic rings. The van der Waals surface area contributed by atoms with Gasteiger partial charge in [-0.1, -0.05) is 12.1 Å². The molecule has 0 fully saturated rings. The summed E-state index contributed by atoms with van der Waals surface area (Å²) in [6.45, 7) is 0.102. The van der Waals surface area contributed by atoms with Crippen LogP contribution in [0.2, 0.25) is 0 Å². The average Bonchev–Trinajstić information content (AvgIpc) is 3.41. The normalized spacial score (nSPS) is 16.8. The van der Waals surface area contributed by atoms with Crippen molar-refractivity contribution >= 4 is 17.5 Å². The van der Waals surface area contributed by atoms with Gasteiger partial charge in [-0.15, -0.1) is 0 Å². The van der Waals surface area contributed by atoms with Crippen LogP contribution in [0, 0.1) is 5.82 Å². The summed E-state index contributed by atoms with van der Waals surface area (Å²) in [7, 11) is 3.32. The lowest BCUT2D eigenvalue weighted by atomic mass is 10.1. The van der Waals surface area contributed by atoms with E-state index in [1.165, 1.54) is 17.0 Å². The molecule has 2 aromatic carbocycles. The minimum absolute atomic E-state index is 0.102. The van der Waals surface area contributed by atoms with Crippen LogP contribution in [-0.4, -0.2) is 53.2 Å². The molecule has 7 nitrogen and oxygen atoms in total. The van der Waals surface area contributed by atoms with Gasteiger partial charge in [0.2, 0.25) is 0 Å². The first-order chi connectivity index (χ1) is 15.4. The molecule has 0 saturated carbocycles. The number of anilines is 1. The van der Waals surface area contributed by atoms with Crippen molar-refractivity contribution in [1.82, 2.24) is 14.7 Å². The summed E-state index contributed by atoms with van der Waals surface area (Å²) < 4.78 is 21.1. The summed E-state index contributed by atoms with van der Waals surface area (Å²) in [5.41, 5.74) is 3.59. The van der Waals surface area contributed by atoms with Gasteiger partial charge in [0, 0.05) is 25.4 Å². The van der Waals surface area contributed by atoms with Gasteiger partial charge in [0.05, 0.1) is 17.9 Å². The maximum absolute atomic E-state index is 13.8. The zero-order valence-electron chi connectivity index (χ0n) is 17.9. The van der Waals surface area contributed by atoms with Crippen LogP contribution in [0.3, 0.4) is 0 Å². The second-order valence-corrected chi connectivity index (χ2v) is 8.24. The van der Waals surface area contributed by atoms with Crippen molar-refractivity contribution in [3.8, 4) is 11.4 Å². The zero-order valence-corrected chi connectivity index (χ0v) is 17.9. The molecule has 8 heteroatoms. The first-order valence-corrected chi connectivity index (χ1v) is 10.6. The Bertz CT molecular complexity index is 1200. The number of aromatic nitrogens is 2. The van der Waals surface area contributed by atoms with E-state index in [4.69, 9.17) is 4.74 Å². The van der Waals surface area contributed by atoms with Gasteiger partial charge >= 0.3 is 0 Å². The third-order valence-corrected chi connectivity index (χ3v) is 5.94. The molecule has 2 heterocycles. The van der Waals surface area contributed by atoms with Crippen molar-refractivity contribution in [3.05, 3.63) is 71.3 Å². The highest BCUT2D eigenvalue weighted by Gasteiger charge is 2.37. The lowest BCUT2D eigenvalue weighted by molar-refractivity contribution is -0.135. The molecule has 0 N–H and O–H groups in total. The van der Waals surface area contributed by atoms with Gasteiger partial charge in [-0.2, -0.15) is 5.10 Å². The van der Waals surface area contributed by atoms with E-state index in [2.05, 4.69) is 5.10 Å². The van der Waals surface area contributed by atoms with Gasteiger partial charge in [0.15, 0.2) is 11.8 Å². The van der Waals surface area contributed by atoms with Gasteiger partial charge in [0.25, 0.3) is 11.8 Å². The summed E-state index contributed by atoms with van der Waals surface area (Å²) in [5.74, 6) is -0.312. The van der Waals surface area contributed by atoms with E-state index >= 15 is 0 Å².